The van der Waals surface area contributed by atoms with Crippen LogP contribution in [0.5, 0.6) is 0 Å². The zero-order valence-electron chi connectivity index (χ0n) is 15.6. The van der Waals surface area contributed by atoms with Crippen molar-refractivity contribution in [1.82, 2.24) is 15.3 Å². The molecule has 0 saturated carbocycles. The van der Waals surface area contributed by atoms with E-state index in [-0.39, 0.29) is 11.7 Å². The largest absolute Gasteiger partial charge is 0.352 e. The highest BCUT2D eigenvalue weighted by Crippen LogP contribution is 2.23. The van der Waals surface area contributed by atoms with Crippen LogP contribution in [0.4, 0.5) is 15.9 Å². The van der Waals surface area contributed by atoms with E-state index in [9.17, 15) is 9.18 Å². The number of carbonyl (C=O) groups excluding carboxylic acids is 1. The van der Waals surface area contributed by atoms with Crippen molar-refractivity contribution in [3.8, 4) is 0 Å². The molecule has 144 valence electrons. The molecule has 2 heterocycles. The molecule has 0 bridgehead atoms. The van der Waals surface area contributed by atoms with Gasteiger partial charge in [0.05, 0.1) is 16.8 Å². The number of hydrogen-bond acceptors (Lipinski definition) is 4. The second-order valence-electron chi connectivity index (χ2n) is 6.54. The molecular formula is C23H19FN4O. The van der Waals surface area contributed by atoms with E-state index in [4.69, 9.17) is 0 Å². The van der Waals surface area contributed by atoms with Crippen LogP contribution in [0.15, 0.2) is 79.1 Å². The lowest BCUT2D eigenvalue weighted by Crippen LogP contribution is -2.26. The highest BCUT2D eigenvalue weighted by atomic mass is 19.1. The molecule has 2 N–H and O–H groups in total. The van der Waals surface area contributed by atoms with E-state index >= 15 is 0 Å². The van der Waals surface area contributed by atoms with Crippen LogP contribution in [-0.4, -0.2) is 22.4 Å². The fourth-order valence-corrected chi connectivity index (χ4v) is 3.06. The van der Waals surface area contributed by atoms with Gasteiger partial charge in [-0.25, -0.2) is 9.37 Å². The number of pyridine rings is 2. The number of anilines is 2. The summed E-state index contributed by atoms with van der Waals surface area (Å²) in [5, 5.41) is 7.06. The zero-order chi connectivity index (χ0) is 20.1. The molecule has 4 rings (SSSR count). The summed E-state index contributed by atoms with van der Waals surface area (Å²) >= 11 is 0. The van der Waals surface area contributed by atoms with E-state index in [0.29, 0.717) is 29.9 Å². The quantitative estimate of drug-likeness (QED) is 0.513. The van der Waals surface area contributed by atoms with Gasteiger partial charge in [-0.2, -0.15) is 0 Å². The van der Waals surface area contributed by atoms with Gasteiger partial charge in [-0.3, -0.25) is 9.78 Å². The van der Waals surface area contributed by atoms with Gasteiger partial charge in [-0.05, 0) is 42.3 Å². The average molecular weight is 386 g/mol. The first-order chi connectivity index (χ1) is 14.2. The fraction of sp³-hybridized carbons (Fsp3) is 0.0870. The first kappa shape index (κ1) is 18.6. The van der Waals surface area contributed by atoms with Crippen molar-refractivity contribution < 1.29 is 9.18 Å². The van der Waals surface area contributed by atoms with Crippen LogP contribution in [0.3, 0.4) is 0 Å². The molecule has 0 aliphatic rings. The number of nitrogens with zero attached hydrogens (tertiary/aromatic N) is 2. The first-order valence-corrected chi connectivity index (χ1v) is 9.29. The Labute approximate surface area is 167 Å². The summed E-state index contributed by atoms with van der Waals surface area (Å²) in [5.41, 5.74) is 2.72. The maximum Gasteiger partial charge on any atom is 0.252 e. The monoisotopic (exact) mass is 386 g/mol. The van der Waals surface area contributed by atoms with Gasteiger partial charge in [0.15, 0.2) is 0 Å². The molecule has 29 heavy (non-hydrogen) atoms. The lowest BCUT2D eigenvalue weighted by molar-refractivity contribution is 0.0953. The number of hydrogen-bond donors (Lipinski definition) is 2. The van der Waals surface area contributed by atoms with Gasteiger partial charge < -0.3 is 10.6 Å². The summed E-state index contributed by atoms with van der Waals surface area (Å²) in [4.78, 5) is 21.0. The van der Waals surface area contributed by atoms with Crippen LogP contribution < -0.4 is 10.6 Å². The van der Waals surface area contributed by atoms with E-state index in [0.717, 1.165) is 16.6 Å². The standard InChI is InChI=1S/C23H19FN4O/c24-19-8-2-1-5-16(19)12-14-26-23(29)18-10-11-21(27-15-18)28-20-9-3-6-17-7-4-13-25-22(17)20/h1-11,13,15H,12,14H2,(H,26,29)(H,27,28). The third kappa shape index (κ3) is 4.38. The highest BCUT2D eigenvalue weighted by Gasteiger charge is 2.08. The smallest absolute Gasteiger partial charge is 0.252 e. The average Bonchev–Trinajstić information content (AvgIpc) is 2.76. The Hall–Kier alpha value is -3.80. The zero-order valence-corrected chi connectivity index (χ0v) is 15.6. The molecular weight excluding hydrogens is 367 g/mol. The van der Waals surface area contributed by atoms with Gasteiger partial charge in [0.1, 0.15) is 11.6 Å². The van der Waals surface area contributed by atoms with Gasteiger partial charge in [0.2, 0.25) is 0 Å². The van der Waals surface area contributed by atoms with Crippen molar-refractivity contribution in [3.05, 3.63) is 96.1 Å². The van der Waals surface area contributed by atoms with E-state index < -0.39 is 0 Å². The van der Waals surface area contributed by atoms with Gasteiger partial charge in [0, 0.05) is 24.3 Å². The Bertz CT molecular complexity index is 1140. The van der Waals surface area contributed by atoms with E-state index in [2.05, 4.69) is 20.6 Å². The second-order valence-corrected chi connectivity index (χ2v) is 6.54. The maximum absolute atomic E-state index is 13.6. The van der Waals surface area contributed by atoms with Crippen LogP contribution in [-0.2, 0) is 6.42 Å². The topological polar surface area (TPSA) is 66.9 Å². The predicted molar refractivity (Wildman–Crippen MR) is 112 cm³/mol. The number of halogens is 1. The predicted octanol–water partition coefficient (Wildman–Crippen LogP) is 4.49. The van der Waals surface area contributed by atoms with Crippen molar-refractivity contribution in [1.29, 1.82) is 0 Å². The molecule has 6 heteroatoms. The lowest BCUT2D eigenvalue weighted by atomic mass is 10.1. The molecule has 0 unspecified atom stereocenters. The lowest BCUT2D eigenvalue weighted by Gasteiger charge is -2.09. The number of aromatic nitrogens is 2. The third-order valence-corrected chi connectivity index (χ3v) is 4.56. The van der Waals surface area contributed by atoms with Crippen molar-refractivity contribution >= 4 is 28.3 Å². The normalized spacial score (nSPS) is 10.7. The number of nitrogens with one attached hydrogen (secondary N) is 2. The molecule has 0 fully saturated rings. The Morgan fingerprint density at radius 1 is 0.931 bits per heavy atom. The summed E-state index contributed by atoms with van der Waals surface area (Å²) in [7, 11) is 0. The van der Waals surface area contributed by atoms with Crippen LogP contribution in [0.25, 0.3) is 10.9 Å². The van der Waals surface area contributed by atoms with Crippen molar-refractivity contribution in [2.24, 2.45) is 0 Å². The van der Waals surface area contributed by atoms with E-state index in [1.165, 1.54) is 12.3 Å². The van der Waals surface area contributed by atoms with Crippen molar-refractivity contribution in [2.75, 3.05) is 11.9 Å². The number of amides is 1. The van der Waals surface area contributed by atoms with E-state index in [1.54, 1.807) is 36.5 Å². The molecule has 0 saturated heterocycles. The van der Waals surface area contributed by atoms with Crippen molar-refractivity contribution in [2.45, 2.75) is 6.42 Å². The summed E-state index contributed by atoms with van der Waals surface area (Å²) in [6.07, 6.45) is 3.69. The minimum Gasteiger partial charge on any atom is -0.352 e. The van der Waals surface area contributed by atoms with Crippen LogP contribution in [0.2, 0.25) is 0 Å². The van der Waals surface area contributed by atoms with Crippen molar-refractivity contribution in [3.63, 3.8) is 0 Å². The first-order valence-electron chi connectivity index (χ1n) is 9.29. The molecule has 4 aromatic rings. The molecule has 5 nitrogen and oxygen atoms in total. The summed E-state index contributed by atoms with van der Waals surface area (Å²) in [6.45, 7) is 0.349. The maximum atomic E-state index is 13.6. The highest BCUT2D eigenvalue weighted by molar-refractivity contribution is 5.94. The Morgan fingerprint density at radius 2 is 1.79 bits per heavy atom. The summed E-state index contributed by atoms with van der Waals surface area (Å²) in [5.74, 6) is 0.111. The van der Waals surface area contributed by atoms with Gasteiger partial charge in [0.25, 0.3) is 5.91 Å². The molecule has 0 radical (unpaired) electrons. The van der Waals surface area contributed by atoms with Gasteiger partial charge in [-0.1, -0.05) is 36.4 Å². The number of rotatable bonds is 6. The van der Waals surface area contributed by atoms with E-state index in [1.807, 2.05) is 30.3 Å². The van der Waals surface area contributed by atoms with Gasteiger partial charge >= 0.3 is 0 Å². The fourth-order valence-electron chi connectivity index (χ4n) is 3.06. The third-order valence-electron chi connectivity index (χ3n) is 4.56. The molecule has 2 aromatic carbocycles. The number of carbonyl (C=O) groups is 1. The number of fused-ring (bicyclic) bond motifs is 1. The molecule has 0 spiro atoms. The minimum absolute atomic E-state index is 0.243. The molecule has 2 aromatic heterocycles. The number of para-hydroxylation sites is 1. The molecule has 0 atom stereocenters. The SMILES string of the molecule is O=C(NCCc1ccccc1F)c1ccc(Nc2cccc3cccnc23)nc1. The molecule has 0 aliphatic carbocycles. The van der Waals surface area contributed by atoms with Crippen LogP contribution in [0.1, 0.15) is 15.9 Å². The minimum atomic E-state index is -0.262. The van der Waals surface area contributed by atoms with Gasteiger partial charge in [-0.15, -0.1) is 0 Å². The van der Waals surface area contributed by atoms with Crippen LogP contribution >= 0.6 is 0 Å². The Balaban J connectivity index is 1.38. The molecule has 1 amide bonds. The Morgan fingerprint density at radius 3 is 2.62 bits per heavy atom. The van der Waals surface area contributed by atoms with Crippen LogP contribution in [0, 0.1) is 5.82 Å². The summed E-state index contributed by atoms with van der Waals surface area (Å²) in [6, 6.07) is 19.8. The summed E-state index contributed by atoms with van der Waals surface area (Å²) < 4.78 is 13.6. The number of benzene rings is 2. The molecule has 0 aliphatic heterocycles. The Kier molecular flexibility index (Phi) is 5.42. The second kappa shape index (κ2) is 8.48.